The Labute approximate surface area is 260 Å². The molecule has 4 rings (SSSR count). The fourth-order valence-electron chi connectivity index (χ4n) is 5.72. The Morgan fingerprint density at radius 1 is 1.23 bits per heavy atom. The molecule has 3 N–H and O–H groups in total. The monoisotopic (exact) mass is 609 g/mol. The first-order valence-electron chi connectivity index (χ1n) is 14.8. The van der Waals surface area contributed by atoms with Crippen LogP contribution in [0.5, 0.6) is 0 Å². The average Bonchev–Trinajstić information content (AvgIpc) is 3.00. The number of piperidine rings is 1. The molecule has 0 spiro atoms. The molecule has 3 aliphatic rings. The first-order valence-corrected chi connectivity index (χ1v) is 15.2. The third-order valence-electron chi connectivity index (χ3n) is 8.02. The number of hydrogen-bond acceptors (Lipinski definition) is 7. The van der Waals surface area contributed by atoms with Crippen molar-refractivity contribution in [1.82, 2.24) is 30.7 Å². The van der Waals surface area contributed by atoms with Crippen molar-refractivity contribution in [2.24, 2.45) is 4.99 Å². The van der Waals surface area contributed by atoms with E-state index in [1.165, 1.54) is 5.57 Å². The van der Waals surface area contributed by atoms with E-state index in [0.717, 1.165) is 37.1 Å². The van der Waals surface area contributed by atoms with Crippen LogP contribution in [-0.2, 0) is 9.53 Å². The highest BCUT2D eigenvalue weighted by Crippen LogP contribution is 2.37. The van der Waals surface area contributed by atoms with E-state index in [-0.39, 0.29) is 24.3 Å². The molecule has 232 valence electrons. The molecular weight excluding hydrogens is 566 g/mol. The molecule has 0 aromatic heterocycles. The molecule has 2 fully saturated rings. The fourth-order valence-corrected chi connectivity index (χ4v) is 5.89. The Balaban J connectivity index is 1.60. The van der Waals surface area contributed by atoms with Gasteiger partial charge >= 0.3 is 6.09 Å². The lowest BCUT2D eigenvalue weighted by molar-refractivity contribution is -0.109. The molecule has 0 radical (unpaired) electrons. The van der Waals surface area contributed by atoms with Gasteiger partial charge in [-0.3, -0.25) is 9.69 Å². The zero-order chi connectivity index (χ0) is 30.8. The van der Waals surface area contributed by atoms with Crippen LogP contribution in [0.25, 0.3) is 5.57 Å². The van der Waals surface area contributed by atoms with Crippen LogP contribution in [0.1, 0.15) is 36.9 Å². The molecule has 3 atom stereocenters. The predicted molar refractivity (Wildman–Crippen MR) is 173 cm³/mol. The molecule has 2 saturated heterocycles. The summed E-state index contributed by atoms with van der Waals surface area (Å²) in [6, 6.07) is 5.23. The van der Waals surface area contributed by atoms with Crippen molar-refractivity contribution >= 4 is 36.0 Å². The normalized spacial score (nSPS) is 21.3. The minimum Gasteiger partial charge on any atom is -0.446 e. The van der Waals surface area contributed by atoms with Gasteiger partial charge in [0.15, 0.2) is 0 Å². The zero-order valence-electron chi connectivity index (χ0n) is 25.3. The number of amides is 2. The van der Waals surface area contributed by atoms with E-state index in [1.807, 2.05) is 54.4 Å². The summed E-state index contributed by atoms with van der Waals surface area (Å²) in [6.45, 7) is 10.8. The Bertz CT molecular complexity index is 1250. The van der Waals surface area contributed by atoms with E-state index in [2.05, 4.69) is 45.4 Å². The zero-order valence-corrected chi connectivity index (χ0v) is 26.1. The van der Waals surface area contributed by atoms with Crippen molar-refractivity contribution in [2.75, 3.05) is 53.4 Å². The molecule has 3 aliphatic heterocycles. The van der Waals surface area contributed by atoms with Crippen molar-refractivity contribution in [1.29, 1.82) is 0 Å². The van der Waals surface area contributed by atoms with E-state index in [4.69, 9.17) is 16.3 Å². The van der Waals surface area contributed by atoms with Crippen LogP contribution in [0.2, 0.25) is 5.02 Å². The van der Waals surface area contributed by atoms with Gasteiger partial charge in [-0.15, -0.1) is 0 Å². The summed E-state index contributed by atoms with van der Waals surface area (Å²) in [5.74, 6) is 0. The van der Waals surface area contributed by atoms with E-state index in [1.54, 1.807) is 18.6 Å². The summed E-state index contributed by atoms with van der Waals surface area (Å²) in [4.78, 5) is 34.9. The number of nitrogens with zero attached hydrogens (tertiary/aromatic N) is 4. The third kappa shape index (κ3) is 8.72. The molecule has 2 amide bonds. The van der Waals surface area contributed by atoms with Gasteiger partial charge in [0.25, 0.3) is 0 Å². The van der Waals surface area contributed by atoms with Crippen LogP contribution in [0, 0.1) is 0 Å². The maximum absolute atomic E-state index is 13.0. The summed E-state index contributed by atoms with van der Waals surface area (Å²) < 4.78 is 5.83. The number of rotatable bonds is 11. The Morgan fingerprint density at radius 2 is 1.98 bits per heavy atom. The molecule has 0 bridgehead atoms. The number of nitrogens with one attached hydrogen (secondary N) is 3. The molecule has 43 heavy (non-hydrogen) atoms. The quantitative estimate of drug-likeness (QED) is 0.200. The van der Waals surface area contributed by atoms with Gasteiger partial charge in [-0.25, -0.2) is 9.79 Å². The van der Waals surface area contributed by atoms with Crippen molar-refractivity contribution in [3.8, 4) is 0 Å². The van der Waals surface area contributed by atoms with Gasteiger partial charge in [-0.1, -0.05) is 30.3 Å². The minimum absolute atomic E-state index is 0.0243. The van der Waals surface area contributed by atoms with Crippen molar-refractivity contribution in [3.63, 3.8) is 0 Å². The van der Waals surface area contributed by atoms with E-state index in [9.17, 15) is 9.59 Å². The highest BCUT2D eigenvalue weighted by molar-refractivity contribution is 6.30. The van der Waals surface area contributed by atoms with Gasteiger partial charge < -0.3 is 30.5 Å². The first kappa shape index (κ1) is 32.3. The van der Waals surface area contributed by atoms with Crippen molar-refractivity contribution in [3.05, 3.63) is 77.1 Å². The van der Waals surface area contributed by atoms with Crippen molar-refractivity contribution < 1.29 is 14.3 Å². The Kier molecular flexibility index (Phi) is 11.8. The second-order valence-electron chi connectivity index (χ2n) is 11.3. The maximum Gasteiger partial charge on any atom is 0.410 e. The number of aliphatic imine (C=N–C) groups is 1. The second-order valence-corrected chi connectivity index (χ2v) is 11.7. The van der Waals surface area contributed by atoms with E-state index < -0.39 is 6.04 Å². The summed E-state index contributed by atoms with van der Waals surface area (Å²) in [6.07, 6.45) is 13.3. The topological polar surface area (TPSA) is 102 Å². The van der Waals surface area contributed by atoms with Gasteiger partial charge in [-0.05, 0) is 85.6 Å². The average molecular weight is 610 g/mol. The highest BCUT2D eigenvalue weighted by atomic mass is 35.5. The first-order chi connectivity index (χ1) is 20.8. The standard InChI is InChI=1S/C32H44ClN7O3/c1-23-6-5-12-36-30(23)31(39-16-18-40(19-17-39)32(42)43-26-9-13-34-14-10-26)27-8-7-25(33)20-28(27)24(2)29(37-22-41)11-15-35-21-38(3)4/h5-8,11-12,15,20-22,26,29-31,34,36H,2,9-10,13-14,16-19H2,1,3-4H3,(H,37,41)/b15-11+,35-21?. The number of halogens is 1. The van der Waals surface area contributed by atoms with Gasteiger partial charge in [0, 0.05) is 51.5 Å². The van der Waals surface area contributed by atoms with Crippen LogP contribution < -0.4 is 16.0 Å². The smallest absolute Gasteiger partial charge is 0.410 e. The highest BCUT2D eigenvalue weighted by Gasteiger charge is 2.36. The molecule has 3 unspecified atom stereocenters. The van der Waals surface area contributed by atoms with Crippen LogP contribution >= 0.6 is 11.6 Å². The number of benzene rings is 1. The Hall–Kier alpha value is -3.60. The SMILES string of the molecule is C=C(c1cc(Cl)ccc1C(C1NC=CC=C1C)N1CCN(C(=O)OC2CCNCC2)CC1)C(/C=C/N=CN(C)C)NC=O. The number of carbonyl (C=O) groups is 2. The molecular formula is C32H44ClN7O3. The number of piperazine rings is 1. The molecule has 0 aliphatic carbocycles. The molecule has 1 aromatic rings. The summed E-state index contributed by atoms with van der Waals surface area (Å²) in [5, 5.41) is 10.3. The van der Waals surface area contributed by atoms with Gasteiger partial charge in [-0.2, -0.15) is 0 Å². The van der Waals surface area contributed by atoms with Crippen LogP contribution in [0.4, 0.5) is 4.79 Å². The van der Waals surface area contributed by atoms with Crippen LogP contribution in [-0.4, -0.2) is 105 Å². The number of carbonyl (C=O) groups excluding carboxylic acids is 2. The number of dihydropyridines is 1. The number of allylic oxidation sites excluding steroid dienone is 2. The Morgan fingerprint density at radius 3 is 2.65 bits per heavy atom. The van der Waals surface area contributed by atoms with Gasteiger partial charge in [0.2, 0.25) is 6.41 Å². The molecule has 10 nitrogen and oxygen atoms in total. The van der Waals surface area contributed by atoms with Gasteiger partial charge in [0.1, 0.15) is 6.10 Å². The lowest BCUT2D eigenvalue weighted by atomic mass is 9.85. The second kappa shape index (κ2) is 15.7. The molecule has 11 heteroatoms. The van der Waals surface area contributed by atoms with E-state index in [0.29, 0.717) is 43.2 Å². The van der Waals surface area contributed by atoms with Crippen LogP contribution in [0.15, 0.2) is 66.0 Å². The van der Waals surface area contributed by atoms with Crippen LogP contribution in [0.3, 0.4) is 0 Å². The molecule has 3 heterocycles. The predicted octanol–water partition coefficient (Wildman–Crippen LogP) is 3.55. The number of ether oxygens (including phenoxy) is 1. The van der Waals surface area contributed by atoms with Crippen molar-refractivity contribution in [2.45, 2.75) is 44.0 Å². The lowest BCUT2D eigenvalue weighted by Gasteiger charge is -2.44. The lowest BCUT2D eigenvalue weighted by Crippen LogP contribution is -2.54. The number of hydrogen-bond donors (Lipinski definition) is 3. The molecule has 0 saturated carbocycles. The summed E-state index contributed by atoms with van der Waals surface area (Å²) >= 11 is 6.55. The maximum atomic E-state index is 13.0. The summed E-state index contributed by atoms with van der Waals surface area (Å²) in [5.41, 5.74) is 3.77. The fraction of sp³-hybridized carbons (Fsp3) is 0.469. The molecule has 1 aromatic carbocycles. The van der Waals surface area contributed by atoms with E-state index >= 15 is 0 Å². The summed E-state index contributed by atoms with van der Waals surface area (Å²) in [7, 11) is 3.77. The minimum atomic E-state index is -0.493. The van der Waals surface area contributed by atoms with Gasteiger partial charge in [0.05, 0.1) is 24.5 Å². The largest absolute Gasteiger partial charge is 0.446 e. The third-order valence-corrected chi connectivity index (χ3v) is 8.26.